The van der Waals surface area contributed by atoms with E-state index in [1.807, 2.05) is 54.6 Å². The number of anilines is 2. The fraction of sp³-hybridized carbons (Fsp3) is 0.118. The van der Waals surface area contributed by atoms with Crippen molar-refractivity contribution in [3.05, 3.63) is 54.6 Å². The molecule has 4 N–H and O–H groups in total. The van der Waals surface area contributed by atoms with Crippen LogP contribution in [0.5, 0.6) is 0 Å². The zero-order chi connectivity index (χ0) is 17.1. The van der Waals surface area contributed by atoms with E-state index in [1.165, 1.54) is 10.0 Å². The molecule has 0 aliphatic carbocycles. The lowest BCUT2D eigenvalue weighted by molar-refractivity contribution is 0.975. The first-order valence-corrected chi connectivity index (χ1v) is 7.43. The highest BCUT2D eigenvalue weighted by molar-refractivity contribution is 5.64. The Bertz CT molecular complexity index is 779. The normalized spacial score (nSPS) is 10.5. The summed E-state index contributed by atoms with van der Waals surface area (Å²) < 4.78 is 0. The molecule has 7 nitrogen and oxygen atoms in total. The second-order valence-corrected chi connectivity index (χ2v) is 5.39. The van der Waals surface area contributed by atoms with Crippen molar-refractivity contribution >= 4 is 11.6 Å². The van der Waals surface area contributed by atoms with Crippen LogP contribution in [0.1, 0.15) is 0 Å². The highest BCUT2D eigenvalue weighted by atomic mass is 15.4. The molecule has 0 atom stereocenters. The summed E-state index contributed by atoms with van der Waals surface area (Å²) in [6.07, 6.45) is 0. The predicted molar refractivity (Wildman–Crippen MR) is 95.9 cm³/mol. The van der Waals surface area contributed by atoms with Gasteiger partial charge in [0.15, 0.2) is 0 Å². The molecule has 3 rings (SSSR count). The molecule has 3 aromatic heterocycles. The molecule has 7 heteroatoms. The van der Waals surface area contributed by atoms with Crippen molar-refractivity contribution in [2.45, 2.75) is 0 Å². The highest BCUT2D eigenvalue weighted by Gasteiger charge is 2.08. The third kappa shape index (κ3) is 3.32. The minimum Gasteiger partial charge on any atom is -0.298 e. The van der Waals surface area contributed by atoms with E-state index in [1.54, 1.807) is 14.1 Å². The smallest absolute Gasteiger partial charge is 0.143 e. The second-order valence-electron chi connectivity index (χ2n) is 5.39. The Morgan fingerprint density at radius 1 is 0.583 bits per heavy atom. The van der Waals surface area contributed by atoms with Crippen LogP contribution in [0.3, 0.4) is 0 Å². The summed E-state index contributed by atoms with van der Waals surface area (Å²) in [7, 11) is 3.49. The Balaban J connectivity index is 2.01. The van der Waals surface area contributed by atoms with Crippen molar-refractivity contribution in [2.75, 3.05) is 24.1 Å². The number of rotatable bonds is 4. The molecule has 0 unspecified atom stereocenters. The monoisotopic (exact) mass is 321 g/mol. The van der Waals surface area contributed by atoms with Gasteiger partial charge >= 0.3 is 0 Å². The van der Waals surface area contributed by atoms with Crippen molar-refractivity contribution in [3.8, 4) is 22.8 Å². The fourth-order valence-corrected chi connectivity index (χ4v) is 2.24. The number of pyridine rings is 3. The molecule has 0 spiro atoms. The Morgan fingerprint density at radius 3 is 1.29 bits per heavy atom. The van der Waals surface area contributed by atoms with Crippen LogP contribution in [0.4, 0.5) is 11.6 Å². The molecule has 0 amide bonds. The Labute approximate surface area is 140 Å². The summed E-state index contributed by atoms with van der Waals surface area (Å²) in [5, 5.41) is 2.94. The first-order chi connectivity index (χ1) is 11.5. The van der Waals surface area contributed by atoms with Gasteiger partial charge in [0, 0.05) is 14.1 Å². The fourth-order valence-electron chi connectivity index (χ4n) is 2.24. The van der Waals surface area contributed by atoms with Crippen LogP contribution < -0.4 is 21.7 Å². The van der Waals surface area contributed by atoms with E-state index in [2.05, 4.69) is 15.0 Å². The minimum atomic E-state index is 0.671. The average molecular weight is 321 g/mol. The van der Waals surface area contributed by atoms with Crippen molar-refractivity contribution < 1.29 is 0 Å². The second kappa shape index (κ2) is 6.61. The van der Waals surface area contributed by atoms with Gasteiger partial charge in [-0.05, 0) is 36.4 Å². The third-order valence-electron chi connectivity index (χ3n) is 3.47. The van der Waals surface area contributed by atoms with Crippen LogP contribution in [0.2, 0.25) is 0 Å². The summed E-state index contributed by atoms with van der Waals surface area (Å²) in [6, 6.07) is 17.0. The van der Waals surface area contributed by atoms with Crippen molar-refractivity contribution in [1.29, 1.82) is 0 Å². The van der Waals surface area contributed by atoms with E-state index in [4.69, 9.17) is 11.7 Å². The van der Waals surface area contributed by atoms with Crippen LogP contribution in [-0.2, 0) is 0 Å². The Morgan fingerprint density at radius 2 is 0.917 bits per heavy atom. The first kappa shape index (κ1) is 15.9. The number of hydrazine groups is 2. The molecule has 122 valence electrons. The number of nitrogens with zero attached hydrogens (tertiary/aromatic N) is 5. The van der Waals surface area contributed by atoms with Crippen molar-refractivity contribution in [2.24, 2.45) is 11.7 Å². The molecule has 0 bridgehead atoms. The van der Waals surface area contributed by atoms with Gasteiger partial charge in [0.1, 0.15) is 11.6 Å². The Kier molecular flexibility index (Phi) is 4.37. The van der Waals surface area contributed by atoms with Gasteiger partial charge in [-0.25, -0.2) is 26.6 Å². The van der Waals surface area contributed by atoms with Gasteiger partial charge in [-0.2, -0.15) is 0 Å². The van der Waals surface area contributed by atoms with Gasteiger partial charge in [-0.3, -0.25) is 10.0 Å². The van der Waals surface area contributed by atoms with Crippen LogP contribution in [0.25, 0.3) is 22.8 Å². The van der Waals surface area contributed by atoms with E-state index in [0.29, 0.717) is 11.6 Å². The molecule has 0 aliphatic rings. The Hall–Kier alpha value is -3.03. The maximum atomic E-state index is 5.75. The van der Waals surface area contributed by atoms with Crippen molar-refractivity contribution in [1.82, 2.24) is 15.0 Å². The van der Waals surface area contributed by atoms with E-state index >= 15 is 0 Å². The van der Waals surface area contributed by atoms with Gasteiger partial charge in [-0.15, -0.1) is 0 Å². The molecule has 0 aliphatic heterocycles. The van der Waals surface area contributed by atoms with Gasteiger partial charge in [0.05, 0.1) is 22.8 Å². The van der Waals surface area contributed by atoms with Gasteiger partial charge in [0.25, 0.3) is 0 Å². The first-order valence-electron chi connectivity index (χ1n) is 7.43. The molecule has 24 heavy (non-hydrogen) atoms. The summed E-state index contributed by atoms with van der Waals surface area (Å²) in [5.41, 5.74) is 3.01. The number of nitrogens with two attached hydrogens (primary N) is 2. The summed E-state index contributed by atoms with van der Waals surface area (Å²) in [4.78, 5) is 13.7. The standard InChI is InChI=1S/C17H19N7/c1-23(18)16-10-4-8-14(21-16)12-6-3-7-13(20-12)15-9-5-11-17(22-15)24(2)19/h3-11H,18-19H2,1-2H3. The molecule has 0 fully saturated rings. The molecule has 3 aromatic rings. The lowest BCUT2D eigenvalue weighted by Gasteiger charge is -2.13. The zero-order valence-electron chi connectivity index (χ0n) is 13.6. The van der Waals surface area contributed by atoms with Gasteiger partial charge in [0.2, 0.25) is 0 Å². The van der Waals surface area contributed by atoms with Crippen LogP contribution in [-0.4, -0.2) is 29.0 Å². The van der Waals surface area contributed by atoms with Gasteiger partial charge in [-0.1, -0.05) is 18.2 Å². The predicted octanol–water partition coefficient (Wildman–Crippen LogP) is 1.83. The van der Waals surface area contributed by atoms with Crippen LogP contribution >= 0.6 is 0 Å². The topological polar surface area (TPSA) is 97.2 Å². The van der Waals surface area contributed by atoms with Crippen LogP contribution in [0, 0.1) is 0 Å². The summed E-state index contributed by atoms with van der Waals surface area (Å²) in [6.45, 7) is 0. The number of hydrogen-bond donors (Lipinski definition) is 2. The number of aromatic nitrogens is 3. The average Bonchev–Trinajstić information content (AvgIpc) is 2.62. The zero-order valence-corrected chi connectivity index (χ0v) is 13.6. The van der Waals surface area contributed by atoms with Crippen molar-refractivity contribution in [3.63, 3.8) is 0 Å². The van der Waals surface area contributed by atoms with E-state index in [-0.39, 0.29) is 0 Å². The van der Waals surface area contributed by atoms with Crippen LogP contribution in [0.15, 0.2) is 54.6 Å². The third-order valence-corrected chi connectivity index (χ3v) is 3.47. The molecule has 0 saturated heterocycles. The maximum absolute atomic E-state index is 5.75. The molecular formula is C17H19N7. The SMILES string of the molecule is CN(N)c1cccc(-c2cccc(-c3cccc(N(C)N)n3)n2)n1. The quantitative estimate of drug-likeness (QED) is 0.559. The highest BCUT2D eigenvalue weighted by Crippen LogP contribution is 2.22. The lowest BCUT2D eigenvalue weighted by atomic mass is 10.2. The molecular weight excluding hydrogens is 302 g/mol. The lowest BCUT2D eigenvalue weighted by Crippen LogP contribution is -2.26. The minimum absolute atomic E-state index is 0.671. The van der Waals surface area contributed by atoms with E-state index in [0.717, 1.165) is 22.8 Å². The summed E-state index contributed by atoms with van der Waals surface area (Å²) >= 11 is 0. The maximum Gasteiger partial charge on any atom is 0.143 e. The summed E-state index contributed by atoms with van der Waals surface area (Å²) in [5.74, 6) is 12.8. The number of hydrogen-bond acceptors (Lipinski definition) is 7. The largest absolute Gasteiger partial charge is 0.298 e. The van der Waals surface area contributed by atoms with Gasteiger partial charge < -0.3 is 0 Å². The van der Waals surface area contributed by atoms with E-state index < -0.39 is 0 Å². The van der Waals surface area contributed by atoms with E-state index in [9.17, 15) is 0 Å². The molecule has 0 aromatic carbocycles. The molecule has 0 saturated carbocycles. The molecule has 0 radical (unpaired) electrons. The molecule has 3 heterocycles.